The van der Waals surface area contributed by atoms with Gasteiger partial charge >= 0.3 is 0 Å². The highest BCUT2D eigenvalue weighted by atomic mass is 16.3. The number of benzene rings is 2. The molecule has 57 heavy (non-hydrogen) atoms. The van der Waals surface area contributed by atoms with E-state index in [1.165, 1.54) is 63.0 Å². The molecule has 4 heterocycles. The predicted octanol–water partition coefficient (Wildman–Crippen LogP) is 9.89. The number of allylic oxidation sites excluding steroid dienone is 9. The first-order valence-corrected chi connectivity index (χ1v) is 21.3. The zero-order valence-corrected chi connectivity index (χ0v) is 32.2. The second kappa shape index (κ2) is 13.5. The van der Waals surface area contributed by atoms with Crippen LogP contribution in [0.15, 0.2) is 167 Å². The van der Waals surface area contributed by atoms with E-state index in [2.05, 4.69) is 162 Å². The van der Waals surface area contributed by atoms with Gasteiger partial charge in [-0.25, -0.2) is 0 Å². The third kappa shape index (κ3) is 5.48. The summed E-state index contributed by atoms with van der Waals surface area (Å²) in [5.74, 6) is 3.00. The summed E-state index contributed by atoms with van der Waals surface area (Å²) in [6.45, 7) is 0. The number of aromatic nitrogens is 1. The van der Waals surface area contributed by atoms with Gasteiger partial charge in [0.2, 0.25) is 0 Å². The monoisotopic (exact) mass is 741 g/mol. The number of pyridine rings is 1. The van der Waals surface area contributed by atoms with Gasteiger partial charge in [0, 0.05) is 76.2 Å². The second-order valence-corrected chi connectivity index (χ2v) is 17.1. The maximum atomic E-state index is 6.36. The summed E-state index contributed by atoms with van der Waals surface area (Å²) in [5, 5.41) is 1.32. The van der Waals surface area contributed by atoms with E-state index in [0.29, 0.717) is 41.8 Å². The minimum Gasteiger partial charge on any atom is -0.461 e. The molecule has 2 fully saturated rings. The van der Waals surface area contributed by atoms with Crippen molar-refractivity contribution in [2.75, 3.05) is 4.90 Å². The number of furan rings is 1. The Morgan fingerprint density at radius 3 is 2.56 bits per heavy atom. The first-order chi connectivity index (χ1) is 28.2. The van der Waals surface area contributed by atoms with Crippen molar-refractivity contribution in [3.8, 4) is 22.4 Å². The highest BCUT2D eigenvalue weighted by Gasteiger charge is 2.50. The fourth-order valence-electron chi connectivity index (χ4n) is 11.5. The van der Waals surface area contributed by atoms with Crippen LogP contribution in [0.3, 0.4) is 0 Å². The van der Waals surface area contributed by atoms with Crippen LogP contribution in [-0.4, -0.2) is 34.1 Å². The number of hydrogen-bond donors (Lipinski definition) is 0. The number of anilines is 1. The van der Waals surface area contributed by atoms with Crippen molar-refractivity contribution < 1.29 is 4.42 Å². The lowest BCUT2D eigenvalue weighted by Gasteiger charge is -2.36. The average Bonchev–Trinajstić information content (AvgIpc) is 3.94. The van der Waals surface area contributed by atoms with Crippen LogP contribution in [0, 0.1) is 23.7 Å². The predicted molar refractivity (Wildman–Crippen MR) is 232 cm³/mol. The average molecular weight is 742 g/mol. The standard InChI is InChI=1S/C53H47N3O/c1-2-12-34(13-3-1)37-28-38(47-17-10-11-27-54-47)30-40(29-37)56-49-19-8-5-15-42(49)45-32-36(22-25-51(45)56)35-21-24-50-44(31-35)41-14-4-7-18-48(41)55(50)39-23-26-53-46(33-39)43-16-6-9-20-52(43)57-53/h1-3,5-8,10-13,15-19,21,24-33,36,39,41-42,44,48-50H,4,9,14,20,22-23H2. The lowest BCUT2D eigenvalue weighted by Crippen LogP contribution is -2.46. The Kier molecular flexibility index (Phi) is 7.89. The zero-order valence-electron chi connectivity index (χ0n) is 32.2. The summed E-state index contributed by atoms with van der Waals surface area (Å²) in [4.78, 5) is 10.2. The molecule has 12 rings (SSSR count). The summed E-state index contributed by atoms with van der Waals surface area (Å²) in [7, 11) is 0. The molecular weight excluding hydrogens is 695 g/mol. The molecule has 0 radical (unpaired) electrons. The van der Waals surface area contributed by atoms with Gasteiger partial charge in [0.1, 0.15) is 11.2 Å². The maximum absolute atomic E-state index is 6.36. The van der Waals surface area contributed by atoms with Crippen LogP contribution in [-0.2, 0) is 6.42 Å². The Bertz CT molecular complexity index is 2590. The second-order valence-electron chi connectivity index (χ2n) is 17.1. The SMILES string of the molecule is C1=CC2C3=CC(C4=CC5C6CCC=CC6N(C6C=c7c8c(oc7=CC6)CCC=C8)C5C=C4)CC=C3N(c3cc(-c4ccccc4)cc(-c4ccccn4)c3)C2C=C1. The van der Waals surface area contributed by atoms with Crippen LogP contribution in [0.1, 0.15) is 43.4 Å². The molecule has 8 atom stereocenters. The van der Waals surface area contributed by atoms with Crippen molar-refractivity contribution in [3.63, 3.8) is 0 Å². The number of aryl methyl sites for hydroxylation is 1. The molecule has 0 spiro atoms. The highest BCUT2D eigenvalue weighted by Crippen LogP contribution is 2.51. The van der Waals surface area contributed by atoms with Crippen molar-refractivity contribution in [2.24, 2.45) is 23.7 Å². The number of rotatable bonds is 5. The first-order valence-electron chi connectivity index (χ1n) is 21.3. The fourth-order valence-corrected chi connectivity index (χ4v) is 11.5. The molecule has 280 valence electrons. The van der Waals surface area contributed by atoms with Crippen LogP contribution in [0.2, 0.25) is 0 Å². The molecule has 2 aromatic heterocycles. The Balaban J connectivity index is 0.880. The molecule has 4 heteroatoms. The molecule has 0 bridgehead atoms. The lowest BCUT2D eigenvalue weighted by molar-refractivity contribution is 0.196. The topological polar surface area (TPSA) is 32.5 Å². The van der Waals surface area contributed by atoms with Crippen molar-refractivity contribution in [1.29, 1.82) is 0 Å². The van der Waals surface area contributed by atoms with Gasteiger partial charge in [0.25, 0.3) is 0 Å². The van der Waals surface area contributed by atoms with E-state index in [1.54, 1.807) is 0 Å². The van der Waals surface area contributed by atoms with Crippen LogP contribution in [0.4, 0.5) is 5.69 Å². The van der Waals surface area contributed by atoms with Gasteiger partial charge < -0.3 is 9.32 Å². The van der Waals surface area contributed by atoms with Gasteiger partial charge in [-0.3, -0.25) is 9.88 Å². The van der Waals surface area contributed by atoms with Gasteiger partial charge in [-0.05, 0) is 96.7 Å². The van der Waals surface area contributed by atoms with E-state index in [9.17, 15) is 0 Å². The number of likely N-dealkylation sites (tertiary alicyclic amines) is 1. The summed E-state index contributed by atoms with van der Waals surface area (Å²) in [6, 6.07) is 25.5. The Labute approximate surface area is 335 Å². The molecule has 4 aromatic rings. The quantitative estimate of drug-likeness (QED) is 0.191. The molecule has 0 N–H and O–H groups in total. The first kappa shape index (κ1) is 33.4. The van der Waals surface area contributed by atoms with Crippen molar-refractivity contribution in [1.82, 2.24) is 9.88 Å². The Morgan fingerprint density at radius 2 is 1.63 bits per heavy atom. The van der Waals surface area contributed by atoms with E-state index in [0.717, 1.165) is 42.4 Å². The van der Waals surface area contributed by atoms with Crippen molar-refractivity contribution >= 4 is 23.9 Å². The summed E-state index contributed by atoms with van der Waals surface area (Å²) >= 11 is 0. The molecule has 2 aromatic carbocycles. The van der Waals surface area contributed by atoms with E-state index < -0.39 is 0 Å². The minimum atomic E-state index is 0.229. The van der Waals surface area contributed by atoms with Crippen molar-refractivity contribution in [2.45, 2.75) is 62.7 Å². The smallest absolute Gasteiger partial charge is 0.130 e. The van der Waals surface area contributed by atoms with E-state index in [-0.39, 0.29) is 6.04 Å². The highest BCUT2D eigenvalue weighted by molar-refractivity contribution is 5.80. The molecule has 2 saturated heterocycles. The Morgan fingerprint density at radius 1 is 0.719 bits per heavy atom. The fraction of sp³-hybridized carbons (Fsp3) is 0.264. The molecular formula is C53H47N3O. The van der Waals surface area contributed by atoms with Crippen LogP contribution in [0.5, 0.6) is 0 Å². The van der Waals surface area contributed by atoms with Crippen LogP contribution < -0.4 is 15.5 Å². The third-order valence-electron chi connectivity index (χ3n) is 14.0. The van der Waals surface area contributed by atoms with Gasteiger partial charge in [-0.15, -0.1) is 0 Å². The molecule has 8 aliphatic rings. The number of nitrogens with zero attached hydrogens (tertiary/aromatic N) is 3. The van der Waals surface area contributed by atoms with Crippen LogP contribution >= 0.6 is 0 Å². The summed E-state index contributed by atoms with van der Waals surface area (Å²) in [5.41, 5.74) is 12.5. The molecule has 6 aliphatic carbocycles. The minimum absolute atomic E-state index is 0.229. The van der Waals surface area contributed by atoms with E-state index in [4.69, 9.17) is 9.40 Å². The molecule has 2 aliphatic heterocycles. The van der Waals surface area contributed by atoms with Gasteiger partial charge in [-0.1, -0.05) is 121 Å². The number of hydrogen-bond acceptors (Lipinski definition) is 4. The summed E-state index contributed by atoms with van der Waals surface area (Å²) < 4.78 is 6.36. The van der Waals surface area contributed by atoms with Gasteiger partial charge in [-0.2, -0.15) is 0 Å². The molecule has 0 amide bonds. The normalized spacial score (nSPS) is 30.2. The molecule has 4 nitrogen and oxygen atoms in total. The largest absolute Gasteiger partial charge is 0.461 e. The van der Waals surface area contributed by atoms with Crippen molar-refractivity contribution in [3.05, 3.63) is 185 Å². The van der Waals surface area contributed by atoms with Gasteiger partial charge in [0.05, 0.1) is 11.7 Å². The summed E-state index contributed by atoms with van der Waals surface area (Å²) in [6.07, 6.45) is 45.3. The Hall–Kier alpha value is -5.71. The van der Waals surface area contributed by atoms with Crippen LogP contribution in [0.25, 0.3) is 40.6 Å². The van der Waals surface area contributed by atoms with Gasteiger partial charge in [0.15, 0.2) is 0 Å². The van der Waals surface area contributed by atoms with E-state index in [1.807, 2.05) is 12.3 Å². The molecule has 8 unspecified atom stereocenters. The zero-order chi connectivity index (χ0) is 37.5. The number of fused-ring (bicyclic) bond motifs is 9. The maximum Gasteiger partial charge on any atom is 0.130 e. The third-order valence-corrected chi connectivity index (χ3v) is 14.0. The molecule has 0 saturated carbocycles. The lowest BCUT2D eigenvalue weighted by atomic mass is 9.75. The van der Waals surface area contributed by atoms with E-state index >= 15 is 0 Å².